The minimum Gasteiger partial charge on any atom is -0.398 e. The third-order valence-corrected chi connectivity index (χ3v) is 8.03. The number of fused-ring (bicyclic) bond motifs is 10. The number of benzene rings is 4. The molecule has 0 unspecified atom stereocenters. The Morgan fingerprint density at radius 3 is 1.51 bits per heavy atom. The summed E-state index contributed by atoms with van der Waals surface area (Å²) in [5.41, 5.74) is 16.5. The summed E-state index contributed by atoms with van der Waals surface area (Å²) in [6.07, 6.45) is 6.09. The first kappa shape index (κ1) is 26.4. The van der Waals surface area contributed by atoms with Gasteiger partial charge in [-0.05, 0) is 107 Å². The molecule has 0 atom stereocenters. The second kappa shape index (κ2) is 11.1. The zero-order valence-corrected chi connectivity index (χ0v) is 24.4. The summed E-state index contributed by atoms with van der Waals surface area (Å²) in [5, 5.41) is 5.25. The zero-order chi connectivity index (χ0) is 30.2. The summed E-state index contributed by atoms with van der Waals surface area (Å²) in [7, 11) is 0. The van der Waals surface area contributed by atoms with E-state index in [1.165, 1.54) is 21.5 Å². The van der Waals surface area contributed by atoms with E-state index in [1.807, 2.05) is 54.6 Å². The summed E-state index contributed by atoms with van der Waals surface area (Å²) in [5.74, 6) is 0. The number of hydrogen-bond acceptors (Lipinski definition) is 3. The predicted molar refractivity (Wildman–Crippen MR) is 189 cm³/mol. The summed E-state index contributed by atoms with van der Waals surface area (Å²) >= 11 is 0. The third kappa shape index (κ3) is 5.51. The lowest BCUT2D eigenvalue weighted by Crippen LogP contribution is -1.93. The Kier molecular flexibility index (Phi) is 6.54. The topological polar surface area (TPSA) is 83.4 Å². The average Bonchev–Trinajstić information content (AvgIpc) is 3.87. The smallest absolute Gasteiger partial charge is 0.0738 e. The maximum atomic E-state index is 6.28. The molecule has 2 aliphatic rings. The van der Waals surface area contributed by atoms with E-state index in [2.05, 4.69) is 107 Å². The molecule has 0 spiro atoms. The fourth-order valence-corrected chi connectivity index (χ4v) is 5.86. The molecule has 8 bridgehead atoms. The number of hydrogen-bond donors (Lipinski definition) is 3. The number of nitrogens with two attached hydrogens (primary N) is 1. The predicted octanol–water partition coefficient (Wildman–Crippen LogP) is 9.65. The van der Waals surface area contributed by atoms with E-state index in [4.69, 9.17) is 15.7 Å². The second-order valence-corrected chi connectivity index (χ2v) is 11.2. The second-order valence-electron chi connectivity index (χ2n) is 11.2. The molecule has 0 amide bonds. The molecule has 0 saturated heterocycles. The van der Waals surface area contributed by atoms with Crippen molar-refractivity contribution in [2.75, 3.05) is 5.73 Å². The van der Waals surface area contributed by atoms with Crippen LogP contribution in [0.4, 0.5) is 5.69 Å². The fraction of sp³-hybridized carbons (Fsp3) is 0. The minimum absolute atomic E-state index is 0.727. The van der Waals surface area contributed by atoms with Gasteiger partial charge in [0.05, 0.1) is 22.8 Å². The van der Waals surface area contributed by atoms with Crippen molar-refractivity contribution in [3.63, 3.8) is 0 Å². The molecule has 5 heterocycles. The number of anilines is 1. The number of H-pyrrole nitrogens is 2. The Bertz CT molecular complexity index is 2350. The molecule has 0 aliphatic carbocycles. The van der Waals surface area contributed by atoms with Crippen molar-refractivity contribution in [1.29, 1.82) is 0 Å². The zero-order valence-electron chi connectivity index (χ0n) is 24.4. The van der Waals surface area contributed by atoms with Crippen LogP contribution in [0.1, 0.15) is 28.3 Å². The van der Waals surface area contributed by atoms with Crippen LogP contribution in [0.15, 0.2) is 133 Å². The van der Waals surface area contributed by atoms with Gasteiger partial charge in [-0.15, -0.1) is 0 Å². The molecule has 2 aliphatic heterocycles. The van der Waals surface area contributed by atoms with E-state index in [0.29, 0.717) is 0 Å². The van der Waals surface area contributed by atoms with Gasteiger partial charge < -0.3 is 15.7 Å². The Balaban J connectivity index is 0.000000178. The molecule has 0 saturated carbocycles. The van der Waals surface area contributed by atoms with Crippen LogP contribution in [0.25, 0.3) is 67.4 Å². The van der Waals surface area contributed by atoms with E-state index >= 15 is 0 Å². The summed E-state index contributed by atoms with van der Waals surface area (Å²) in [4.78, 5) is 16.5. The largest absolute Gasteiger partial charge is 0.398 e. The molecule has 45 heavy (non-hydrogen) atoms. The highest BCUT2D eigenvalue weighted by Crippen LogP contribution is 2.32. The molecule has 4 aromatic carbocycles. The Labute approximate surface area is 260 Å². The van der Waals surface area contributed by atoms with E-state index in [1.54, 1.807) is 0 Å². The average molecular weight is 580 g/mol. The van der Waals surface area contributed by atoms with Gasteiger partial charge in [0.2, 0.25) is 0 Å². The van der Waals surface area contributed by atoms with Gasteiger partial charge in [0.15, 0.2) is 0 Å². The first-order valence-electron chi connectivity index (χ1n) is 14.9. The van der Waals surface area contributed by atoms with Crippen molar-refractivity contribution in [3.8, 4) is 0 Å². The van der Waals surface area contributed by atoms with Crippen molar-refractivity contribution in [2.24, 2.45) is 0 Å². The number of nitrogens with zero attached hydrogens (tertiary/aromatic N) is 2. The van der Waals surface area contributed by atoms with Crippen molar-refractivity contribution >= 4 is 73.1 Å². The summed E-state index contributed by atoms with van der Waals surface area (Å²) in [6, 6.07) is 45.7. The van der Waals surface area contributed by atoms with Crippen LogP contribution in [0, 0.1) is 0 Å². The number of nitrogens with one attached hydrogen (secondary N) is 2. The van der Waals surface area contributed by atoms with Crippen molar-refractivity contribution in [2.45, 2.75) is 0 Å². The highest BCUT2D eigenvalue weighted by molar-refractivity contribution is 5.98. The maximum absolute atomic E-state index is 6.28. The lowest BCUT2D eigenvalue weighted by atomic mass is 10.0. The van der Waals surface area contributed by atoms with E-state index in [9.17, 15) is 0 Å². The highest BCUT2D eigenvalue weighted by Gasteiger charge is 2.15. The molecule has 3 aromatic heterocycles. The van der Waals surface area contributed by atoms with Crippen LogP contribution >= 0.6 is 0 Å². The van der Waals surface area contributed by atoms with Crippen LogP contribution in [0.2, 0.25) is 0 Å². The lowest BCUT2D eigenvalue weighted by Gasteiger charge is -2.05. The number of nitrogen functional groups attached to an aromatic ring is 1. The van der Waals surface area contributed by atoms with Crippen LogP contribution in [-0.4, -0.2) is 19.9 Å². The van der Waals surface area contributed by atoms with Crippen LogP contribution in [0.3, 0.4) is 0 Å². The minimum atomic E-state index is 0.727. The van der Waals surface area contributed by atoms with Crippen molar-refractivity contribution in [1.82, 2.24) is 19.9 Å². The van der Waals surface area contributed by atoms with Gasteiger partial charge >= 0.3 is 0 Å². The maximum Gasteiger partial charge on any atom is 0.0738 e. The molecule has 5 nitrogen and oxygen atoms in total. The van der Waals surface area contributed by atoms with E-state index < -0.39 is 0 Å². The summed E-state index contributed by atoms with van der Waals surface area (Å²) in [6.45, 7) is 0. The number of aromatic amines is 2. The van der Waals surface area contributed by atoms with E-state index in [0.717, 1.165) is 61.7 Å². The van der Waals surface area contributed by atoms with Crippen molar-refractivity contribution in [3.05, 3.63) is 162 Å². The van der Waals surface area contributed by atoms with Crippen molar-refractivity contribution < 1.29 is 0 Å². The number of rotatable bonds is 1. The molecular weight excluding hydrogens is 550 g/mol. The summed E-state index contributed by atoms with van der Waals surface area (Å²) < 4.78 is 0. The molecule has 9 rings (SSSR count). The lowest BCUT2D eigenvalue weighted by molar-refractivity contribution is 1.27. The Morgan fingerprint density at radius 2 is 0.933 bits per heavy atom. The quantitative estimate of drug-likeness (QED) is 0.134. The standard InChI is InChI=1S/C26H19N5.C14H10/c27-25-4-2-1-3-23(25)24-14-22-13-20-8-7-18(29-20)11-16-5-6-17(28-16)12-19-9-10-21(30-19)15-26(24)31-22;1-2-6-12-10-14-8-4-3-7-13(14)9-11(12)5-1/h1-15,28-29H,27H2;1-10H. The van der Waals surface area contributed by atoms with Crippen LogP contribution < -0.4 is 5.73 Å². The monoisotopic (exact) mass is 579 g/mol. The van der Waals surface area contributed by atoms with Gasteiger partial charge in [-0.25, -0.2) is 9.97 Å². The molecule has 214 valence electrons. The number of aromatic nitrogens is 4. The van der Waals surface area contributed by atoms with Gasteiger partial charge in [0.25, 0.3) is 0 Å². The molecule has 4 N–H and O–H groups in total. The first-order valence-corrected chi connectivity index (χ1v) is 14.9. The Hall–Kier alpha value is -6.20. The van der Waals surface area contributed by atoms with Crippen LogP contribution in [-0.2, 0) is 0 Å². The molecular formula is C40H29N5. The van der Waals surface area contributed by atoms with Gasteiger partial charge in [-0.3, -0.25) is 0 Å². The van der Waals surface area contributed by atoms with Gasteiger partial charge in [0.1, 0.15) is 0 Å². The molecule has 5 heteroatoms. The fourth-order valence-electron chi connectivity index (χ4n) is 5.86. The number of para-hydroxylation sites is 1. The van der Waals surface area contributed by atoms with Gasteiger partial charge in [0, 0.05) is 38.9 Å². The van der Waals surface area contributed by atoms with Crippen LogP contribution in [0.5, 0.6) is 0 Å². The van der Waals surface area contributed by atoms with Gasteiger partial charge in [-0.1, -0.05) is 66.7 Å². The SMILES string of the molecule is Nc1ccccc1C1=Cc2cc3ccc(cc4ccc(cc5nc(cc1n2)C=C5)[nH]4)[nH]3.c1ccc2cc3ccccc3cc2c1. The molecule has 0 radical (unpaired) electrons. The third-order valence-electron chi connectivity index (χ3n) is 8.03. The molecule has 0 fully saturated rings. The molecule has 7 aromatic rings. The first-order chi connectivity index (χ1) is 22.1. The normalized spacial score (nSPS) is 12.1. The Morgan fingerprint density at radius 1 is 0.444 bits per heavy atom. The van der Waals surface area contributed by atoms with Gasteiger partial charge in [-0.2, -0.15) is 0 Å². The van der Waals surface area contributed by atoms with E-state index in [-0.39, 0.29) is 0 Å². The highest BCUT2D eigenvalue weighted by atomic mass is 14.8.